The standard InChI is InChI=1S/C30H32N2O7S3.Na/c1-2-22(21-29-31(16-7-8-18-41(33,34)35)25-12-5-6-13-27(25)40-29)20-28-32(17-9-19-42(36,37)38)30-24-11-4-3-10-23(24)14-15-26(30)39-28;/h3-6,10-15,20-21H,2,7-9,16-19H2,1H3,(H-,33,34,35,36,37,38);/q;+1/p-1. The molecule has 43 heavy (non-hydrogen) atoms. The second kappa shape index (κ2) is 14.3. The zero-order chi connectivity index (χ0) is 29.9. The fourth-order valence-electron chi connectivity index (χ4n) is 5.11. The number of aromatic nitrogens is 1. The quantitative estimate of drug-likeness (QED) is 0.0981. The van der Waals surface area contributed by atoms with Crippen molar-refractivity contribution in [2.45, 2.75) is 44.0 Å². The molecule has 2 heterocycles. The van der Waals surface area contributed by atoms with E-state index in [1.54, 1.807) is 11.8 Å². The number of aryl methyl sites for hydroxylation is 1. The van der Waals surface area contributed by atoms with E-state index in [9.17, 15) is 25.9 Å². The number of allylic oxidation sites excluding steroid dienone is 2. The summed E-state index contributed by atoms with van der Waals surface area (Å²) >= 11 is 1.62. The second-order valence-corrected chi connectivity index (χ2v) is 14.2. The third-order valence-electron chi connectivity index (χ3n) is 7.08. The summed E-state index contributed by atoms with van der Waals surface area (Å²) in [6, 6.07) is 19.7. The smallest absolute Gasteiger partial charge is 0.748 e. The maximum absolute atomic E-state index is 11.3. The fourth-order valence-corrected chi connectivity index (χ4v) is 7.31. The number of rotatable bonds is 12. The molecule has 0 unspecified atom stereocenters. The summed E-state index contributed by atoms with van der Waals surface area (Å²) in [5.41, 5.74) is 3.48. The molecule has 4 aromatic rings. The minimum atomic E-state index is -4.36. The van der Waals surface area contributed by atoms with Gasteiger partial charge in [-0.1, -0.05) is 55.1 Å². The van der Waals surface area contributed by atoms with Crippen LogP contribution in [0.5, 0.6) is 0 Å². The number of fused-ring (bicyclic) bond motifs is 4. The number of hydrogen-bond donors (Lipinski definition) is 0. The molecule has 0 aliphatic carbocycles. The first-order valence-electron chi connectivity index (χ1n) is 13.7. The van der Waals surface area contributed by atoms with E-state index in [0.717, 1.165) is 37.5 Å². The number of para-hydroxylation sites is 1. The number of thioether (sulfide) groups is 1. The van der Waals surface area contributed by atoms with Crippen molar-refractivity contribution in [2.24, 2.45) is 0 Å². The second-order valence-electron chi connectivity index (χ2n) is 10.1. The number of benzene rings is 3. The van der Waals surface area contributed by atoms with Crippen molar-refractivity contribution in [2.75, 3.05) is 23.0 Å². The van der Waals surface area contributed by atoms with E-state index in [0.29, 0.717) is 30.9 Å². The Morgan fingerprint density at radius 1 is 0.930 bits per heavy atom. The van der Waals surface area contributed by atoms with Crippen molar-refractivity contribution in [1.29, 1.82) is 0 Å². The molecule has 13 heteroatoms. The normalized spacial score (nSPS) is 14.9. The summed E-state index contributed by atoms with van der Waals surface area (Å²) in [7, 11) is -8.61. The Labute approximate surface area is 278 Å². The molecule has 0 spiro atoms. The first-order chi connectivity index (χ1) is 20.0. The van der Waals surface area contributed by atoms with E-state index < -0.39 is 26.0 Å². The van der Waals surface area contributed by atoms with Gasteiger partial charge in [0.25, 0.3) is 5.52 Å². The van der Waals surface area contributed by atoms with Crippen LogP contribution in [0, 0.1) is 0 Å². The van der Waals surface area contributed by atoms with Gasteiger partial charge in [-0.15, -0.1) is 0 Å². The van der Waals surface area contributed by atoms with E-state index >= 15 is 0 Å². The Kier molecular flexibility index (Phi) is 11.2. The van der Waals surface area contributed by atoms with Gasteiger partial charge in [0.1, 0.15) is 0 Å². The van der Waals surface area contributed by atoms with Crippen LogP contribution in [-0.2, 0) is 26.8 Å². The number of anilines is 1. The first-order valence-corrected chi connectivity index (χ1v) is 17.7. The molecule has 1 aliphatic heterocycles. The van der Waals surface area contributed by atoms with Crippen LogP contribution >= 0.6 is 11.8 Å². The minimum Gasteiger partial charge on any atom is -0.748 e. The Bertz CT molecular complexity index is 1900. The van der Waals surface area contributed by atoms with Crippen LogP contribution in [0.4, 0.5) is 5.69 Å². The van der Waals surface area contributed by atoms with Crippen LogP contribution in [0.25, 0.3) is 27.9 Å². The van der Waals surface area contributed by atoms with Gasteiger partial charge >= 0.3 is 35.4 Å². The Balaban J connectivity index is 0.00000423. The number of unbranched alkanes of at least 4 members (excludes halogenated alkanes) is 1. The van der Waals surface area contributed by atoms with Crippen molar-refractivity contribution < 1.29 is 64.5 Å². The van der Waals surface area contributed by atoms with Gasteiger partial charge < -0.3 is 18.4 Å². The Hall–Kier alpha value is -2.16. The van der Waals surface area contributed by atoms with Crippen molar-refractivity contribution >= 4 is 65.6 Å². The van der Waals surface area contributed by atoms with E-state index in [1.807, 2.05) is 78.2 Å². The molecule has 9 nitrogen and oxygen atoms in total. The third-order valence-corrected chi connectivity index (χ3v) is 9.77. The van der Waals surface area contributed by atoms with E-state index in [-0.39, 0.29) is 54.7 Å². The van der Waals surface area contributed by atoms with Crippen LogP contribution in [0.3, 0.4) is 0 Å². The molecular formula is C30H31N2NaO7S3. The van der Waals surface area contributed by atoms with Crippen molar-refractivity contribution in [3.05, 3.63) is 83.2 Å². The summed E-state index contributed by atoms with van der Waals surface area (Å²) < 4.78 is 75.5. The van der Waals surface area contributed by atoms with Gasteiger partial charge in [0, 0.05) is 29.4 Å². The molecule has 0 atom stereocenters. The zero-order valence-corrected chi connectivity index (χ0v) is 28.5. The fraction of sp³-hybridized carbons (Fsp3) is 0.300. The largest absolute Gasteiger partial charge is 1.00 e. The number of nitrogens with zero attached hydrogens (tertiary/aromatic N) is 2. The molecule has 1 aromatic heterocycles. The van der Waals surface area contributed by atoms with Crippen LogP contribution in [0.2, 0.25) is 0 Å². The molecule has 0 saturated carbocycles. The Morgan fingerprint density at radius 2 is 1.63 bits per heavy atom. The molecule has 0 amide bonds. The van der Waals surface area contributed by atoms with E-state index in [4.69, 9.17) is 4.42 Å². The van der Waals surface area contributed by atoms with Crippen molar-refractivity contribution in [3.8, 4) is 0 Å². The summed E-state index contributed by atoms with van der Waals surface area (Å²) in [6.07, 6.45) is 5.67. The maximum atomic E-state index is 11.3. The number of hydrogen-bond acceptors (Lipinski definition) is 9. The van der Waals surface area contributed by atoms with Gasteiger partial charge in [0.05, 0.1) is 42.4 Å². The van der Waals surface area contributed by atoms with Crippen LogP contribution in [0.15, 0.2) is 86.7 Å². The minimum absolute atomic E-state index is 0. The molecule has 222 valence electrons. The Morgan fingerprint density at radius 3 is 2.37 bits per heavy atom. The SMILES string of the molecule is CCC(=Cc1oc2ccc3ccccc3c2[n+]1CCCS(=O)(=O)[O-])C=C1Sc2ccccc2N1CCCCS(=O)(=O)[O-].[Na+]. The van der Waals surface area contributed by atoms with Crippen LogP contribution in [0.1, 0.15) is 38.5 Å². The molecule has 0 fully saturated rings. The topological polar surface area (TPSA) is 135 Å². The first kappa shape index (κ1) is 33.7. The molecule has 3 aromatic carbocycles. The average Bonchev–Trinajstić information content (AvgIpc) is 3.47. The monoisotopic (exact) mass is 650 g/mol. The van der Waals surface area contributed by atoms with Gasteiger partial charge in [0.2, 0.25) is 5.58 Å². The van der Waals surface area contributed by atoms with Crippen LogP contribution in [-0.4, -0.2) is 44.0 Å². The summed E-state index contributed by atoms with van der Waals surface area (Å²) in [5.74, 6) is -0.308. The van der Waals surface area contributed by atoms with Gasteiger partial charge in [-0.2, -0.15) is 4.57 Å². The molecule has 0 N–H and O–H groups in total. The van der Waals surface area contributed by atoms with Crippen molar-refractivity contribution in [1.82, 2.24) is 0 Å². The number of oxazole rings is 1. The summed E-state index contributed by atoms with van der Waals surface area (Å²) in [4.78, 5) is 3.22. The molecule has 5 rings (SSSR count). The molecule has 0 saturated heterocycles. The molecule has 1 aliphatic rings. The molecule has 0 radical (unpaired) electrons. The average molecular weight is 651 g/mol. The van der Waals surface area contributed by atoms with Crippen molar-refractivity contribution in [3.63, 3.8) is 0 Å². The zero-order valence-electron chi connectivity index (χ0n) is 24.1. The molecular weight excluding hydrogens is 620 g/mol. The predicted molar refractivity (Wildman–Crippen MR) is 163 cm³/mol. The summed E-state index contributed by atoms with van der Waals surface area (Å²) in [6.45, 7) is 2.88. The molecule has 0 bridgehead atoms. The summed E-state index contributed by atoms with van der Waals surface area (Å²) in [5, 5.41) is 2.96. The van der Waals surface area contributed by atoms with Gasteiger partial charge in [-0.3, -0.25) is 0 Å². The van der Waals surface area contributed by atoms with Gasteiger partial charge in [0.15, 0.2) is 6.54 Å². The predicted octanol–water partition coefficient (Wildman–Crippen LogP) is 2.39. The van der Waals surface area contributed by atoms with Crippen LogP contribution < -0.4 is 39.0 Å². The van der Waals surface area contributed by atoms with Gasteiger partial charge in [-0.05, 0) is 60.6 Å². The van der Waals surface area contributed by atoms with E-state index in [2.05, 4.69) is 11.0 Å². The third kappa shape index (κ3) is 8.52. The van der Waals surface area contributed by atoms with Gasteiger partial charge in [-0.25, -0.2) is 16.8 Å². The van der Waals surface area contributed by atoms with E-state index in [1.165, 1.54) is 0 Å². The maximum Gasteiger partial charge on any atom is 1.00 e.